The summed E-state index contributed by atoms with van der Waals surface area (Å²) in [6, 6.07) is 17.4. The molecular weight excluding hydrogens is 596 g/mol. The van der Waals surface area contributed by atoms with Gasteiger partial charge in [0.1, 0.15) is 12.6 Å². The number of carbonyl (C=O) groups is 2. The highest BCUT2D eigenvalue weighted by Crippen LogP contribution is 2.50. The van der Waals surface area contributed by atoms with Crippen molar-refractivity contribution < 1.29 is 46.4 Å². The van der Waals surface area contributed by atoms with Crippen LogP contribution in [-0.2, 0) is 29.6 Å². The third kappa shape index (κ3) is 6.37. The van der Waals surface area contributed by atoms with Gasteiger partial charge in [0.15, 0.2) is 11.3 Å². The smallest absolute Gasteiger partial charge is 0.480 e. The maximum Gasteiger partial charge on any atom is 0.530 e. The van der Waals surface area contributed by atoms with Crippen molar-refractivity contribution in [3.05, 3.63) is 99.7 Å². The van der Waals surface area contributed by atoms with Gasteiger partial charge in [-0.3, -0.25) is 9.05 Å². The summed E-state index contributed by atoms with van der Waals surface area (Å²) in [5.41, 5.74) is 2.59. The highest BCUT2D eigenvalue weighted by Gasteiger charge is 2.32. The second-order valence-corrected chi connectivity index (χ2v) is 11.4. The van der Waals surface area contributed by atoms with Gasteiger partial charge in [-0.1, -0.05) is 48.5 Å². The predicted octanol–water partition coefficient (Wildman–Crippen LogP) is 6.03. The minimum atomic E-state index is -4.17. The summed E-state index contributed by atoms with van der Waals surface area (Å²) in [5.74, 6) is -3.37. The van der Waals surface area contributed by atoms with Gasteiger partial charge in [0.2, 0.25) is 5.82 Å². The Morgan fingerprint density at radius 1 is 1.00 bits per heavy atom. The van der Waals surface area contributed by atoms with Crippen molar-refractivity contribution in [2.75, 3.05) is 19.8 Å². The van der Waals surface area contributed by atoms with Crippen LogP contribution in [0.25, 0.3) is 22.1 Å². The number of benzene rings is 3. The molecule has 1 aromatic heterocycles. The lowest BCUT2D eigenvalue weighted by Crippen LogP contribution is -2.43. The molecule has 0 unspecified atom stereocenters. The van der Waals surface area contributed by atoms with E-state index in [1.807, 2.05) is 48.5 Å². The first-order valence-corrected chi connectivity index (χ1v) is 15.3. The second kappa shape index (κ2) is 13.0. The van der Waals surface area contributed by atoms with Crippen LogP contribution in [0.5, 0.6) is 5.75 Å². The monoisotopic (exact) mass is 625 g/mol. The number of nitrogens with one attached hydrogen (secondary N) is 1. The second-order valence-electron chi connectivity index (χ2n) is 9.78. The number of alkyl carbamates (subject to hydrolysis) is 1. The number of ether oxygens (including phenoxy) is 1. The summed E-state index contributed by atoms with van der Waals surface area (Å²) in [6.45, 7) is 2.97. The van der Waals surface area contributed by atoms with Crippen molar-refractivity contribution in [3.8, 4) is 16.9 Å². The summed E-state index contributed by atoms with van der Waals surface area (Å²) in [4.78, 5) is 37.3. The van der Waals surface area contributed by atoms with Crippen molar-refractivity contribution in [1.29, 1.82) is 0 Å². The first-order valence-electron chi connectivity index (χ1n) is 13.8. The Labute approximate surface area is 251 Å². The Hall–Kier alpha value is -4.51. The fourth-order valence-electron chi connectivity index (χ4n) is 5.21. The van der Waals surface area contributed by atoms with E-state index in [1.165, 1.54) is 6.07 Å². The van der Waals surface area contributed by atoms with Crippen LogP contribution < -0.4 is 15.5 Å². The van der Waals surface area contributed by atoms with E-state index >= 15 is 4.39 Å². The summed E-state index contributed by atoms with van der Waals surface area (Å²) in [5, 5.41) is 12.2. The van der Waals surface area contributed by atoms with E-state index in [0.29, 0.717) is 0 Å². The number of rotatable bonds is 12. The molecule has 1 aliphatic rings. The number of carboxylic acids is 1. The fourth-order valence-corrected chi connectivity index (χ4v) is 6.40. The fraction of sp³-hybridized carbons (Fsp3) is 0.258. The molecule has 0 spiro atoms. The lowest BCUT2D eigenvalue weighted by atomic mass is 9.98. The van der Waals surface area contributed by atoms with E-state index in [9.17, 15) is 24.1 Å². The molecule has 0 saturated carbocycles. The van der Waals surface area contributed by atoms with Crippen molar-refractivity contribution >= 4 is 30.9 Å². The maximum atomic E-state index is 15.4. The lowest BCUT2D eigenvalue weighted by molar-refractivity contribution is -0.139. The van der Waals surface area contributed by atoms with E-state index in [-0.39, 0.29) is 36.7 Å². The van der Waals surface area contributed by atoms with Crippen LogP contribution in [0.2, 0.25) is 0 Å². The van der Waals surface area contributed by atoms with Crippen LogP contribution in [0.15, 0.2) is 75.9 Å². The van der Waals surface area contributed by atoms with Crippen LogP contribution in [-0.4, -0.2) is 43.0 Å². The molecule has 4 aromatic rings. The molecule has 2 N–H and O–H groups in total. The minimum Gasteiger partial charge on any atom is -0.480 e. The van der Waals surface area contributed by atoms with Gasteiger partial charge in [0.25, 0.3) is 0 Å². The molecule has 1 aliphatic carbocycles. The minimum absolute atomic E-state index is 0.0363. The number of phosphoric ester groups is 1. The molecule has 3 aromatic carbocycles. The van der Waals surface area contributed by atoms with Gasteiger partial charge in [-0.25, -0.2) is 18.9 Å². The number of aliphatic carboxylic acids is 1. The number of halogens is 1. The third-order valence-electron chi connectivity index (χ3n) is 7.04. The van der Waals surface area contributed by atoms with Crippen LogP contribution in [0.1, 0.15) is 36.5 Å². The maximum absolute atomic E-state index is 15.4. The van der Waals surface area contributed by atoms with E-state index in [1.54, 1.807) is 13.8 Å². The number of amides is 1. The largest absolute Gasteiger partial charge is 0.530 e. The molecule has 1 amide bonds. The van der Waals surface area contributed by atoms with Crippen LogP contribution >= 0.6 is 7.82 Å². The van der Waals surface area contributed by atoms with E-state index in [0.717, 1.165) is 34.4 Å². The Bertz CT molecular complexity index is 1770. The normalized spacial score (nSPS) is 13.2. The average molecular weight is 626 g/mol. The Morgan fingerprint density at radius 2 is 1.61 bits per heavy atom. The first-order chi connectivity index (χ1) is 21.1. The van der Waals surface area contributed by atoms with Crippen molar-refractivity contribution in [2.24, 2.45) is 0 Å². The third-order valence-corrected chi connectivity index (χ3v) is 8.61. The Morgan fingerprint density at radius 3 is 2.20 bits per heavy atom. The summed E-state index contributed by atoms with van der Waals surface area (Å²) in [7, 11) is -4.17. The molecule has 0 bridgehead atoms. The number of hydrogen-bond donors (Lipinski definition) is 2. The highest BCUT2D eigenvalue weighted by atomic mass is 31.2. The predicted molar refractivity (Wildman–Crippen MR) is 157 cm³/mol. The highest BCUT2D eigenvalue weighted by molar-refractivity contribution is 7.48. The molecule has 13 heteroatoms. The zero-order valence-corrected chi connectivity index (χ0v) is 24.7. The molecule has 11 nitrogen and oxygen atoms in total. The van der Waals surface area contributed by atoms with Crippen molar-refractivity contribution in [1.82, 2.24) is 5.32 Å². The molecule has 0 saturated heterocycles. The summed E-state index contributed by atoms with van der Waals surface area (Å²) >= 11 is 0. The lowest BCUT2D eigenvalue weighted by Gasteiger charge is -2.19. The van der Waals surface area contributed by atoms with Crippen molar-refractivity contribution in [2.45, 2.75) is 32.2 Å². The van der Waals surface area contributed by atoms with E-state index in [4.69, 9.17) is 22.7 Å². The van der Waals surface area contributed by atoms with Gasteiger partial charge in [0, 0.05) is 23.8 Å². The quantitative estimate of drug-likeness (QED) is 0.141. The topological polar surface area (TPSA) is 151 Å². The number of fused-ring (bicyclic) bond motifs is 4. The molecule has 44 heavy (non-hydrogen) atoms. The number of carbonyl (C=O) groups excluding carboxylic acids is 1. The standard InChI is InChI=1S/C31H29FNO10P/c1-3-40-44(38,41-4-2)43-26-14-13-19-18(16-27(34)42-29(19)28(26)32)15-25(30(35)36)33-31(37)39-17-24-22-11-7-5-9-20(22)21-10-6-8-12-23(21)24/h5-14,16,24-25H,3-4,15,17H2,1-2H3,(H,33,37)(H,35,36)/t25-/m0/s1. The molecular formula is C31H29FNO10P. The molecule has 5 rings (SSSR count). The first kappa shape index (κ1) is 30.9. The molecule has 230 valence electrons. The van der Waals surface area contributed by atoms with Gasteiger partial charge in [-0.2, -0.15) is 4.39 Å². The van der Waals surface area contributed by atoms with Gasteiger partial charge < -0.3 is 24.1 Å². The van der Waals surface area contributed by atoms with Gasteiger partial charge in [-0.15, -0.1) is 0 Å². The molecule has 0 aliphatic heterocycles. The van der Waals surface area contributed by atoms with Gasteiger partial charge in [0.05, 0.1) is 13.2 Å². The van der Waals surface area contributed by atoms with E-state index < -0.39 is 55.1 Å². The SMILES string of the molecule is CCOP(=O)(OCC)Oc1ccc2c(C[C@H](NC(=O)OCC3c4ccccc4-c4ccccc43)C(=O)O)cc(=O)oc2c1F. The van der Waals surface area contributed by atoms with Crippen LogP contribution in [0, 0.1) is 5.82 Å². The van der Waals surface area contributed by atoms with Crippen LogP contribution in [0.4, 0.5) is 9.18 Å². The van der Waals surface area contributed by atoms with Gasteiger partial charge in [-0.05, 0) is 53.8 Å². The number of phosphoric acid groups is 1. The van der Waals surface area contributed by atoms with Gasteiger partial charge >= 0.3 is 25.5 Å². The molecule has 1 atom stereocenters. The van der Waals surface area contributed by atoms with Crippen LogP contribution in [0.3, 0.4) is 0 Å². The van der Waals surface area contributed by atoms with E-state index in [2.05, 4.69) is 5.32 Å². The average Bonchev–Trinajstić information content (AvgIpc) is 3.31. The zero-order chi connectivity index (χ0) is 31.4. The Kier molecular flexibility index (Phi) is 9.14. The molecule has 0 fully saturated rings. The number of carboxylic acid groups (broad SMARTS) is 1. The molecule has 1 heterocycles. The van der Waals surface area contributed by atoms with Crippen molar-refractivity contribution in [3.63, 3.8) is 0 Å². The number of hydrogen-bond acceptors (Lipinski definition) is 9. The molecule has 0 radical (unpaired) electrons. The summed E-state index contributed by atoms with van der Waals surface area (Å²) in [6.07, 6.45) is -1.38. The Balaban J connectivity index is 1.34. The summed E-state index contributed by atoms with van der Waals surface area (Å²) < 4.78 is 53.9. The zero-order valence-electron chi connectivity index (χ0n) is 23.8.